The van der Waals surface area contributed by atoms with Crippen molar-refractivity contribution < 1.29 is 9.84 Å². The van der Waals surface area contributed by atoms with Gasteiger partial charge in [0.25, 0.3) is 0 Å². The van der Waals surface area contributed by atoms with Crippen LogP contribution in [0, 0.1) is 0 Å². The second-order valence-corrected chi connectivity index (χ2v) is 4.54. The summed E-state index contributed by atoms with van der Waals surface area (Å²) in [6.07, 6.45) is 1.64. The predicted molar refractivity (Wildman–Crippen MR) is 64.0 cm³/mol. The Hall–Kier alpha value is -0.770. The maximum atomic E-state index is 10.6. The molecule has 0 saturated carbocycles. The summed E-state index contributed by atoms with van der Waals surface area (Å²) in [5.41, 5.74) is -0.214. The summed E-state index contributed by atoms with van der Waals surface area (Å²) in [7, 11) is 1.59. The topological polar surface area (TPSA) is 41.5 Å². The number of piperidine rings is 1. The number of methoxy groups -OCH3 is 1. The van der Waals surface area contributed by atoms with Crippen LogP contribution >= 0.6 is 11.6 Å². The number of rotatable bonds is 2. The molecular weight excluding hydrogens is 226 g/mol. The standard InChI is InChI=1S/C12H16ClNO2/c1-16-10-5-2-4-9(13)11(10)12(15)6-3-7-14-8-12/h2,4-5,14-15H,3,6-8H2,1H3. The minimum Gasteiger partial charge on any atom is -0.496 e. The summed E-state index contributed by atoms with van der Waals surface area (Å²) in [5, 5.41) is 14.4. The Morgan fingerprint density at radius 1 is 1.50 bits per heavy atom. The van der Waals surface area contributed by atoms with Gasteiger partial charge in [-0.25, -0.2) is 0 Å². The minimum absolute atomic E-state index is 0.521. The Bertz CT molecular complexity index is 375. The fraction of sp³-hybridized carbons (Fsp3) is 0.500. The van der Waals surface area contributed by atoms with Gasteiger partial charge in [-0.1, -0.05) is 17.7 Å². The number of halogens is 1. The zero-order chi connectivity index (χ0) is 11.6. The molecule has 4 heteroatoms. The second-order valence-electron chi connectivity index (χ2n) is 4.13. The smallest absolute Gasteiger partial charge is 0.126 e. The van der Waals surface area contributed by atoms with Crippen molar-refractivity contribution >= 4 is 11.6 Å². The zero-order valence-electron chi connectivity index (χ0n) is 9.29. The third-order valence-electron chi connectivity index (χ3n) is 3.02. The van der Waals surface area contributed by atoms with E-state index in [-0.39, 0.29) is 0 Å². The highest BCUT2D eigenvalue weighted by Crippen LogP contribution is 2.39. The fourth-order valence-electron chi connectivity index (χ4n) is 2.23. The van der Waals surface area contributed by atoms with Crippen LogP contribution in [-0.4, -0.2) is 25.3 Å². The third kappa shape index (κ3) is 2.03. The quantitative estimate of drug-likeness (QED) is 0.831. The van der Waals surface area contributed by atoms with Gasteiger partial charge in [-0.05, 0) is 31.5 Å². The minimum atomic E-state index is -0.915. The summed E-state index contributed by atoms with van der Waals surface area (Å²) in [5.74, 6) is 0.652. The van der Waals surface area contributed by atoms with Gasteiger partial charge in [0.2, 0.25) is 0 Å². The van der Waals surface area contributed by atoms with Crippen molar-refractivity contribution in [1.82, 2.24) is 5.32 Å². The number of hydrogen-bond acceptors (Lipinski definition) is 3. The molecule has 1 aliphatic heterocycles. The lowest BCUT2D eigenvalue weighted by Gasteiger charge is -2.34. The first kappa shape index (κ1) is 11.7. The normalized spacial score (nSPS) is 25.4. The monoisotopic (exact) mass is 241 g/mol. The van der Waals surface area contributed by atoms with Crippen LogP contribution in [0.3, 0.4) is 0 Å². The Morgan fingerprint density at radius 3 is 2.94 bits per heavy atom. The molecular formula is C12H16ClNO2. The molecule has 1 aromatic carbocycles. The molecule has 1 aliphatic rings. The average molecular weight is 242 g/mol. The summed E-state index contributed by atoms with van der Waals surface area (Å²) < 4.78 is 5.27. The molecule has 3 nitrogen and oxygen atoms in total. The van der Waals surface area contributed by atoms with E-state index in [9.17, 15) is 5.11 Å². The zero-order valence-corrected chi connectivity index (χ0v) is 10.0. The van der Waals surface area contributed by atoms with Gasteiger partial charge < -0.3 is 15.2 Å². The number of aliphatic hydroxyl groups is 1. The molecule has 1 aromatic rings. The van der Waals surface area contributed by atoms with Crippen LogP contribution < -0.4 is 10.1 Å². The van der Waals surface area contributed by atoms with Crippen LogP contribution in [0.5, 0.6) is 5.75 Å². The number of nitrogens with one attached hydrogen (secondary N) is 1. The van der Waals surface area contributed by atoms with E-state index in [2.05, 4.69) is 5.32 Å². The number of ether oxygens (including phenoxy) is 1. The number of hydrogen-bond donors (Lipinski definition) is 2. The molecule has 88 valence electrons. The average Bonchev–Trinajstić information content (AvgIpc) is 2.29. The predicted octanol–water partition coefficient (Wildman–Crippen LogP) is 1.92. The van der Waals surface area contributed by atoms with Crippen LogP contribution in [0.4, 0.5) is 0 Å². The van der Waals surface area contributed by atoms with Crippen molar-refractivity contribution in [3.8, 4) is 5.75 Å². The molecule has 0 radical (unpaired) electrons. The van der Waals surface area contributed by atoms with E-state index in [1.807, 2.05) is 12.1 Å². The fourth-order valence-corrected chi connectivity index (χ4v) is 2.57. The van der Waals surface area contributed by atoms with Crippen molar-refractivity contribution in [2.75, 3.05) is 20.2 Å². The molecule has 0 spiro atoms. The lowest BCUT2D eigenvalue weighted by molar-refractivity contribution is 0.0104. The summed E-state index contributed by atoms with van der Waals surface area (Å²) in [6.45, 7) is 1.46. The van der Waals surface area contributed by atoms with Crippen LogP contribution in [-0.2, 0) is 5.60 Å². The van der Waals surface area contributed by atoms with E-state index < -0.39 is 5.60 Å². The van der Waals surface area contributed by atoms with Crippen LogP contribution in [0.2, 0.25) is 5.02 Å². The Balaban J connectivity index is 2.44. The van der Waals surface area contributed by atoms with Gasteiger partial charge >= 0.3 is 0 Å². The van der Waals surface area contributed by atoms with Crippen LogP contribution in [0.1, 0.15) is 18.4 Å². The molecule has 0 aromatic heterocycles. The second kappa shape index (κ2) is 4.62. The van der Waals surface area contributed by atoms with Crippen molar-refractivity contribution in [2.45, 2.75) is 18.4 Å². The molecule has 1 unspecified atom stereocenters. The van der Waals surface area contributed by atoms with E-state index >= 15 is 0 Å². The van der Waals surface area contributed by atoms with E-state index in [0.717, 1.165) is 13.0 Å². The maximum absolute atomic E-state index is 10.6. The van der Waals surface area contributed by atoms with E-state index in [1.54, 1.807) is 13.2 Å². The number of benzene rings is 1. The summed E-state index contributed by atoms with van der Waals surface area (Å²) >= 11 is 6.16. The summed E-state index contributed by atoms with van der Waals surface area (Å²) in [4.78, 5) is 0. The van der Waals surface area contributed by atoms with Crippen molar-refractivity contribution in [2.24, 2.45) is 0 Å². The van der Waals surface area contributed by atoms with Crippen LogP contribution in [0.25, 0.3) is 0 Å². The molecule has 2 N–H and O–H groups in total. The highest BCUT2D eigenvalue weighted by atomic mass is 35.5. The Morgan fingerprint density at radius 2 is 2.31 bits per heavy atom. The molecule has 2 rings (SSSR count). The first-order valence-electron chi connectivity index (χ1n) is 5.43. The molecule has 0 bridgehead atoms. The Labute approximate surface area is 100 Å². The van der Waals surface area contributed by atoms with Gasteiger partial charge in [-0.3, -0.25) is 0 Å². The lowest BCUT2D eigenvalue weighted by Crippen LogP contribution is -2.43. The SMILES string of the molecule is COc1cccc(Cl)c1C1(O)CCCNC1. The lowest BCUT2D eigenvalue weighted by atomic mass is 9.86. The van der Waals surface area contributed by atoms with Gasteiger partial charge in [0, 0.05) is 12.1 Å². The molecule has 1 saturated heterocycles. The maximum Gasteiger partial charge on any atom is 0.126 e. The van der Waals surface area contributed by atoms with Crippen molar-refractivity contribution in [3.63, 3.8) is 0 Å². The van der Waals surface area contributed by atoms with E-state index in [4.69, 9.17) is 16.3 Å². The van der Waals surface area contributed by atoms with Crippen molar-refractivity contribution in [1.29, 1.82) is 0 Å². The molecule has 16 heavy (non-hydrogen) atoms. The van der Waals surface area contributed by atoms with Gasteiger partial charge in [0.05, 0.1) is 12.1 Å². The van der Waals surface area contributed by atoms with Crippen LogP contribution in [0.15, 0.2) is 18.2 Å². The highest BCUT2D eigenvalue weighted by Gasteiger charge is 2.35. The molecule has 0 aliphatic carbocycles. The third-order valence-corrected chi connectivity index (χ3v) is 3.34. The highest BCUT2D eigenvalue weighted by molar-refractivity contribution is 6.31. The van der Waals surface area contributed by atoms with E-state index in [0.29, 0.717) is 29.3 Å². The molecule has 0 amide bonds. The van der Waals surface area contributed by atoms with Gasteiger partial charge in [0.1, 0.15) is 11.4 Å². The van der Waals surface area contributed by atoms with Gasteiger partial charge in [-0.15, -0.1) is 0 Å². The largest absolute Gasteiger partial charge is 0.496 e. The Kier molecular flexibility index (Phi) is 3.38. The van der Waals surface area contributed by atoms with E-state index in [1.165, 1.54) is 0 Å². The number of β-amino-alcohol motifs (C(OH)–C–C–N with tert-alkyl or cyclic N) is 1. The first-order valence-corrected chi connectivity index (χ1v) is 5.81. The molecule has 1 fully saturated rings. The van der Waals surface area contributed by atoms with Gasteiger partial charge in [0.15, 0.2) is 0 Å². The van der Waals surface area contributed by atoms with Gasteiger partial charge in [-0.2, -0.15) is 0 Å². The molecule has 1 atom stereocenters. The molecule has 1 heterocycles. The van der Waals surface area contributed by atoms with Crippen molar-refractivity contribution in [3.05, 3.63) is 28.8 Å². The summed E-state index contributed by atoms with van der Waals surface area (Å²) in [6, 6.07) is 5.43. The first-order chi connectivity index (χ1) is 7.67.